The van der Waals surface area contributed by atoms with Crippen molar-refractivity contribution in [3.8, 4) is 0 Å². The molecule has 90 valence electrons. The second kappa shape index (κ2) is 5.84. The van der Waals surface area contributed by atoms with Crippen LogP contribution in [-0.2, 0) is 0 Å². The van der Waals surface area contributed by atoms with Gasteiger partial charge in [0.1, 0.15) is 5.82 Å². The van der Waals surface area contributed by atoms with Crippen LogP contribution in [0.5, 0.6) is 0 Å². The predicted molar refractivity (Wildman–Crippen MR) is 66.4 cm³/mol. The minimum atomic E-state index is -0.219. The van der Waals surface area contributed by atoms with Crippen molar-refractivity contribution < 1.29 is 4.39 Å². The minimum absolute atomic E-state index is 0.0225. The van der Waals surface area contributed by atoms with Crippen molar-refractivity contribution in [2.45, 2.75) is 19.4 Å². The van der Waals surface area contributed by atoms with Gasteiger partial charge in [0, 0.05) is 0 Å². The molecule has 0 amide bonds. The lowest BCUT2D eigenvalue weighted by atomic mass is 10.1. The van der Waals surface area contributed by atoms with Gasteiger partial charge in [0.2, 0.25) is 0 Å². The molecule has 0 fully saturated rings. The summed E-state index contributed by atoms with van der Waals surface area (Å²) in [5.41, 5.74) is 0.907. The maximum atomic E-state index is 13.2. The third-order valence-corrected chi connectivity index (χ3v) is 3.17. The summed E-state index contributed by atoms with van der Waals surface area (Å²) < 4.78 is 17.1. The molecule has 3 nitrogen and oxygen atoms in total. The summed E-state index contributed by atoms with van der Waals surface area (Å²) in [6.07, 6.45) is 2.75. The Bertz CT molecular complexity index is 459. The van der Waals surface area contributed by atoms with Gasteiger partial charge in [-0.05, 0) is 42.2 Å². The molecule has 0 aliphatic rings. The average Bonchev–Trinajstić information content (AvgIpc) is 2.83. The number of hydrogen-bond donors (Lipinski definition) is 1. The van der Waals surface area contributed by atoms with E-state index >= 15 is 0 Å². The first kappa shape index (κ1) is 12.1. The topological polar surface area (TPSA) is 37.8 Å². The number of hydrogen-bond acceptors (Lipinski definition) is 4. The van der Waals surface area contributed by atoms with Gasteiger partial charge in [-0.25, -0.2) is 4.39 Å². The Labute approximate surface area is 104 Å². The molecule has 1 atom stereocenters. The van der Waals surface area contributed by atoms with E-state index in [4.69, 9.17) is 0 Å². The zero-order valence-corrected chi connectivity index (χ0v) is 10.4. The van der Waals surface area contributed by atoms with Crippen LogP contribution >= 0.6 is 11.5 Å². The van der Waals surface area contributed by atoms with E-state index in [2.05, 4.69) is 21.8 Å². The Morgan fingerprint density at radius 3 is 3.00 bits per heavy atom. The van der Waals surface area contributed by atoms with E-state index in [1.807, 2.05) is 6.07 Å². The molecule has 2 aromatic rings. The van der Waals surface area contributed by atoms with Crippen molar-refractivity contribution in [1.82, 2.24) is 14.9 Å². The van der Waals surface area contributed by atoms with Crippen LogP contribution in [-0.4, -0.2) is 16.1 Å². The maximum absolute atomic E-state index is 13.2. The van der Waals surface area contributed by atoms with E-state index in [9.17, 15) is 4.39 Å². The van der Waals surface area contributed by atoms with Gasteiger partial charge < -0.3 is 5.32 Å². The van der Waals surface area contributed by atoms with Gasteiger partial charge in [0.05, 0.1) is 17.1 Å². The van der Waals surface area contributed by atoms with Crippen LogP contribution < -0.4 is 5.32 Å². The standard InChI is InChI=1S/C12H14FN3S/c1-2-6-14-12(11-8-15-16-17-11)9-4-3-5-10(13)7-9/h3-5,7-8,12,14H,2,6H2,1H3. The molecule has 17 heavy (non-hydrogen) atoms. The highest BCUT2D eigenvalue weighted by atomic mass is 32.1. The van der Waals surface area contributed by atoms with E-state index in [-0.39, 0.29) is 11.9 Å². The molecule has 1 heterocycles. The second-order valence-corrected chi connectivity index (χ2v) is 4.58. The molecule has 1 aromatic heterocycles. The van der Waals surface area contributed by atoms with Crippen molar-refractivity contribution in [3.05, 3.63) is 46.7 Å². The molecule has 0 saturated heterocycles. The third kappa shape index (κ3) is 3.08. The molecular weight excluding hydrogens is 237 g/mol. The Morgan fingerprint density at radius 2 is 2.35 bits per heavy atom. The van der Waals surface area contributed by atoms with Crippen LogP contribution in [0.4, 0.5) is 4.39 Å². The van der Waals surface area contributed by atoms with Gasteiger partial charge in [0.15, 0.2) is 0 Å². The maximum Gasteiger partial charge on any atom is 0.123 e. The van der Waals surface area contributed by atoms with Crippen LogP contribution in [0.2, 0.25) is 0 Å². The lowest BCUT2D eigenvalue weighted by Gasteiger charge is -2.16. The lowest BCUT2D eigenvalue weighted by Crippen LogP contribution is -2.22. The highest BCUT2D eigenvalue weighted by molar-refractivity contribution is 7.05. The van der Waals surface area contributed by atoms with E-state index in [1.165, 1.54) is 17.6 Å². The van der Waals surface area contributed by atoms with Crippen molar-refractivity contribution in [2.24, 2.45) is 0 Å². The van der Waals surface area contributed by atoms with Gasteiger partial charge in [-0.3, -0.25) is 0 Å². The zero-order chi connectivity index (χ0) is 12.1. The lowest BCUT2D eigenvalue weighted by molar-refractivity contribution is 0.590. The Morgan fingerprint density at radius 1 is 1.47 bits per heavy atom. The van der Waals surface area contributed by atoms with Gasteiger partial charge >= 0.3 is 0 Å². The van der Waals surface area contributed by atoms with Gasteiger partial charge in [-0.1, -0.05) is 23.5 Å². The first-order valence-electron chi connectivity index (χ1n) is 5.57. The number of rotatable bonds is 5. The SMILES string of the molecule is CCCNC(c1cccc(F)c1)c1cnns1. The van der Waals surface area contributed by atoms with Crippen LogP contribution in [0.3, 0.4) is 0 Å². The summed E-state index contributed by atoms with van der Waals surface area (Å²) in [7, 11) is 0. The molecule has 0 aliphatic heterocycles. The Balaban J connectivity index is 2.27. The summed E-state index contributed by atoms with van der Waals surface area (Å²) >= 11 is 1.34. The quantitative estimate of drug-likeness (QED) is 0.888. The Hall–Kier alpha value is -1.33. The summed E-state index contributed by atoms with van der Waals surface area (Å²) in [5, 5.41) is 7.21. The van der Waals surface area contributed by atoms with Crippen molar-refractivity contribution in [2.75, 3.05) is 6.54 Å². The Kier molecular flexibility index (Phi) is 4.17. The molecule has 0 aliphatic carbocycles. The van der Waals surface area contributed by atoms with Crippen LogP contribution in [0.15, 0.2) is 30.5 Å². The number of aromatic nitrogens is 2. The first-order valence-corrected chi connectivity index (χ1v) is 6.34. The summed E-state index contributed by atoms with van der Waals surface area (Å²) in [6, 6.07) is 6.61. The molecule has 1 N–H and O–H groups in total. The fraction of sp³-hybridized carbons (Fsp3) is 0.333. The average molecular weight is 251 g/mol. The largest absolute Gasteiger partial charge is 0.305 e. The molecular formula is C12H14FN3S. The number of nitrogens with zero attached hydrogens (tertiary/aromatic N) is 2. The molecule has 5 heteroatoms. The number of nitrogens with one attached hydrogen (secondary N) is 1. The normalized spacial score (nSPS) is 12.6. The monoisotopic (exact) mass is 251 g/mol. The highest BCUT2D eigenvalue weighted by Gasteiger charge is 2.15. The first-order chi connectivity index (χ1) is 8.31. The fourth-order valence-corrected chi connectivity index (χ4v) is 2.27. The van der Waals surface area contributed by atoms with E-state index in [0.717, 1.165) is 23.4 Å². The summed E-state index contributed by atoms with van der Waals surface area (Å²) in [4.78, 5) is 1.00. The number of benzene rings is 1. The second-order valence-electron chi connectivity index (χ2n) is 3.76. The van der Waals surface area contributed by atoms with Crippen LogP contribution in [0.1, 0.15) is 29.8 Å². The molecule has 0 saturated carbocycles. The van der Waals surface area contributed by atoms with Gasteiger partial charge in [0.25, 0.3) is 0 Å². The van der Waals surface area contributed by atoms with Crippen molar-refractivity contribution >= 4 is 11.5 Å². The molecule has 0 spiro atoms. The van der Waals surface area contributed by atoms with Crippen molar-refractivity contribution in [3.63, 3.8) is 0 Å². The summed E-state index contributed by atoms with van der Waals surface area (Å²) in [6.45, 7) is 2.97. The molecule has 1 unspecified atom stereocenters. The fourth-order valence-electron chi connectivity index (χ4n) is 1.66. The van der Waals surface area contributed by atoms with E-state index < -0.39 is 0 Å². The minimum Gasteiger partial charge on any atom is -0.305 e. The number of halogens is 1. The van der Waals surface area contributed by atoms with Crippen LogP contribution in [0, 0.1) is 5.82 Å². The smallest absolute Gasteiger partial charge is 0.123 e. The molecule has 0 bridgehead atoms. The zero-order valence-electron chi connectivity index (χ0n) is 9.56. The van der Waals surface area contributed by atoms with Crippen molar-refractivity contribution in [1.29, 1.82) is 0 Å². The molecule has 1 aromatic carbocycles. The van der Waals surface area contributed by atoms with Crippen LogP contribution in [0.25, 0.3) is 0 Å². The molecule has 2 rings (SSSR count). The van der Waals surface area contributed by atoms with E-state index in [1.54, 1.807) is 18.3 Å². The summed E-state index contributed by atoms with van der Waals surface area (Å²) in [5.74, 6) is -0.219. The van der Waals surface area contributed by atoms with Gasteiger partial charge in [-0.15, -0.1) is 5.10 Å². The van der Waals surface area contributed by atoms with E-state index in [0.29, 0.717) is 0 Å². The highest BCUT2D eigenvalue weighted by Crippen LogP contribution is 2.24. The predicted octanol–water partition coefficient (Wildman–Crippen LogP) is 2.77. The van der Waals surface area contributed by atoms with Gasteiger partial charge in [-0.2, -0.15) is 0 Å². The third-order valence-electron chi connectivity index (χ3n) is 2.44. The molecule has 0 radical (unpaired) electrons.